The topological polar surface area (TPSA) is 93.8 Å². The zero-order chi connectivity index (χ0) is 23.7. The van der Waals surface area contributed by atoms with Crippen LogP contribution in [0.3, 0.4) is 0 Å². The first kappa shape index (κ1) is 22.9. The molecule has 172 valence electrons. The van der Waals surface area contributed by atoms with Crippen LogP contribution in [0.15, 0.2) is 30.5 Å². The maximum Gasteiger partial charge on any atom is 0.273 e. The van der Waals surface area contributed by atoms with Gasteiger partial charge in [0.1, 0.15) is 11.4 Å². The molecule has 33 heavy (non-hydrogen) atoms. The molecule has 4 aromatic rings. The van der Waals surface area contributed by atoms with Gasteiger partial charge in [-0.3, -0.25) is 14.2 Å². The predicted octanol–water partition coefficient (Wildman–Crippen LogP) is 3.20. The predicted molar refractivity (Wildman–Crippen MR) is 128 cm³/mol. The molecular formula is C23H27ClN8O. The second-order valence-corrected chi connectivity index (χ2v) is 8.40. The van der Waals surface area contributed by atoms with Crippen molar-refractivity contribution in [3.63, 3.8) is 0 Å². The number of halogens is 1. The largest absolute Gasteiger partial charge is 0.336 e. The summed E-state index contributed by atoms with van der Waals surface area (Å²) >= 11 is 6.25. The summed E-state index contributed by atoms with van der Waals surface area (Å²) in [4.78, 5) is 24.5. The molecule has 10 heteroatoms. The maximum atomic E-state index is 13.5. The van der Waals surface area contributed by atoms with Crippen molar-refractivity contribution in [1.82, 2.24) is 39.7 Å². The number of benzene rings is 1. The summed E-state index contributed by atoms with van der Waals surface area (Å²) in [6, 6.07) is 7.21. The first-order chi connectivity index (χ1) is 15.8. The van der Waals surface area contributed by atoms with Gasteiger partial charge in [0.15, 0.2) is 5.82 Å². The number of amides is 1. The summed E-state index contributed by atoms with van der Waals surface area (Å²) in [5, 5.41) is 13.2. The van der Waals surface area contributed by atoms with Gasteiger partial charge in [-0.05, 0) is 45.2 Å². The number of hydrogen-bond acceptors (Lipinski definition) is 6. The highest BCUT2D eigenvalue weighted by molar-refractivity contribution is 6.31. The van der Waals surface area contributed by atoms with E-state index in [0.29, 0.717) is 46.2 Å². The molecule has 0 fully saturated rings. The Kier molecular flexibility index (Phi) is 6.44. The first-order valence-corrected chi connectivity index (χ1v) is 11.1. The third-order valence-electron chi connectivity index (χ3n) is 5.68. The number of rotatable bonds is 7. The Morgan fingerprint density at radius 3 is 2.73 bits per heavy atom. The molecule has 0 spiro atoms. The number of carbonyl (C=O) groups excluding carboxylic acids is 1. The Balaban J connectivity index is 1.76. The summed E-state index contributed by atoms with van der Waals surface area (Å²) in [5.41, 5.74) is 4.56. The van der Waals surface area contributed by atoms with Crippen molar-refractivity contribution < 1.29 is 4.79 Å². The van der Waals surface area contributed by atoms with Crippen LogP contribution in [0.1, 0.15) is 34.4 Å². The van der Waals surface area contributed by atoms with Crippen molar-refractivity contribution in [2.45, 2.75) is 33.5 Å². The van der Waals surface area contributed by atoms with Crippen LogP contribution in [0.25, 0.3) is 22.4 Å². The maximum absolute atomic E-state index is 13.5. The van der Waals surface area contributed by atoms with Crippen LogP contribution in [0.4, 0.5) is 0 Å². The van der Waals surface area contributed by atoms with Crippen LogP contribution in [-0.4, -0.2) is 54.4 Å². The van der Waals surface area contributed by atoms with Crippen LogP contribution < -0.4 is 5.32 Å². The van der Waals surface area contributed by atoms with Crippen molar-refractivity contribution in [1.29, 1.82) is 0 Å². The number of fused-ring (bicyclic) bond motifs is 1. The fraction of sp³-hybridized carbons (Fsp3) is 0.348. The third kappa shape index (κ3) is 4.46. The lowest BCUT2D eigenvalue weighted by Gasteiger charge is -2.18. The zero-order valence-corrected chi connectivity index (χ0v) is 20.2. The van der Waals surface area contributed by atoms with E-state index >= 15 is 0 Å². The summed E-state index contributed by atoms with van der Waals surface area (Å²) in [7, 11) is 5.51. The van der Waals surface area contributed by atoms with E-state index in [2.05, 4.69) is 25.5 Å². The van der Waals surface area contributed by atoms with Gasteiger partial charge in [-0.25, -0.2) is 9.97 Å². The number of carbonyl (C=O) groups is 1. The number of aryl methyl sites for hydroxylation is 2. The normalized spacial score (nSPS) is 11.3. The molecule has 1 amide bonds. The fourth-order valence-electron chi connectivity index (χ4n) is 3.81. The van der Waals surface area contributed by atoms with Crippen molar-refractivity contribution in [3.8, 4) is 11.5 Å². The van der Waals surface area contributed by atoms with E-state index in [1.165, 1.54) is 0 Å². The van der Waals surface area contributed by atoms with Gasteiger partial charge < -0.3 is 10.2 Å². The standard InChI is InChI=1S/C23H27ClN8O/c1-6-32-14(2)15(11-26-32)13-30(4)23(33)21-18-9-16(24)7-8-19(18)27-22(28-21)20-10-17(12-25-3)31(5)29-20/h7-11,25H,6,12-13H2,1-5H3. The molecule has 0 saturated carbocycles. The lowest BCUT2D eigenvalue weighted by molar-refractivity contribution is 0.0781. The van der Waals surface area contributed by atoms with E-state index in [9.17, 15) is 4.79 Å². The smallest absolute Gasteiger partial charge is 0.273 e. The minimum atomic E-state index is -0.221. The summed E-state index contributed by atoms with van der Waals surface area (Å²) in [5.74, 6) is 0.176. The van der Waals surface area contributed by atoms with Gasteiger partial charge in [0.05, 0.1) is 17.4 Å². The average molecular weight is 467 g/mol. The molecule has 3 heterocycles. The molecule has 0 radical (unpaired) electrons. The van der Waals surface area contributed by atoms with Gasteiger partial charge in [0.25, 0.3) is 5.91 Å². The molecule has 0 atom stereocenters. The van der Waals surface area contributed by atoms with Crippen molar-refractivity contribution in [2.24, 2.45) is 7.05 Å². The van der Waals surface area contributed by atoms with Crippen LogP contribution in [-0.2, 0) is 26.7 Å². The Morgan fingerprint density at radius 1 is 1.24 bits per heavy atom. The van der Waals surface area contributed by atoms with E-state index in [-0.39, 0.29) is 5.91 Å². The quantitative estimate of drug-likeness (QED) is 0.449. The summed E-state index contributed by atoms with van der Waals surface area (Å²) in [6.07, 6.45) is 1.81. The highest BCUT2D eigenvalue weighted by Gasteiger charge is 2.22. The molecule has 1 aromatic carbocycles. The lowest BCUT2D eigenvalue weighted by atomic mass is 10.1. The van der Waals surface area contributed by atoms with Crippen molar-refractivity contribution >= 4 is 28.4 Å². The van der Waals surface area contributed by atoms with E-state index in [1.807, 2.05) is 38.7 Å². The molecule has 4 rings (SSSR count). The monoisotopic (exact) mass is 466 g/mol. The van der Waals surface area contributed by atoms with Crippen LogP contribution in [0, 0.1) is 6.92 Å². The number of hydrogen-bond donors (Lipinski definition) is 1. The van der Waals surface area contributed by atoms with E-state index in [1.54, 1.807) is 41.0 Å². The molecule has 0 aliphatic rings. The van der Waals surface area contributed by atoms with Gasteiger partial charge in [0, 0.05) is 55.4 Å². The molecule has 1 N–H and O–H groups in total. The van der Waals surface area contributed by atoms with Crippen molar-refractivity contribution in [2.75, 3.05) is 14.1 Å². The van der Waals surface area contributed by atoms with Gasteiger partial charge in [-0.15, -0.1) is 0 Å². The molecule has 0 saturated heterocycles. The Bertz CT molecular complexity index is 1330. The summed E-state index contributed by atoms with van der Waals surface area (Å²) < 4.78 is 3.69. The minimum Gasteiger partial charge on any atom is -0.336 e. The van der Waals surface area contributed by atoms with Gasteiger partial charge in [-0.2, -0.15) is 10.2 Å². The molecule has 3 aromatic heterocycles. The van der Waals surface area contributed by atoms with Crippen LogP contribution in [0.5, 0.6) is 0 Å². The van der Waals surface area contributed by atoms with Gasteiger partial charge in [0.2, 0.25) is 0 Å². The SMILES string of the molecule is CCn1ncc(CN(C)C(=O)c2nc(-c3cc(CNC)n(C)n3)nc3ccc(Cl)cc23)c1C. The summed E-state index contributed by atoms with van der Waals surface area (Å²) in [6.45, 7) is 5.90. The second kappa shape index (κ2) is 9.29. The Labute approximate surface area is 197 Å². The number of aromatic nitrogens is 6. The average Bonchev–Trinajstić information content (AvgIpc) is 3.34. The molecule has 0 aliphatic carbocycles. The van der Waals surface area contributed by atoms with Crippen LogP contribution >= 0.6 is 11.6 Å². The van der Waals surface area contributed by atoms with E-state index < -0.39 is 0 Å². The zero-order valence-electron chi connectivity index (χ0n) is 19.4. The molecule has 0 bridgehead atoms. The number of nitrogens with one attached hydrogen (secondary N) is 1. The van der Waals surface area contributed by atoms with Crippen molar-refractivity contribution in [3.05, 3.63) is 58.1 Å². The first-order valence-electron chi connectivity index (χ1n) is 10.7. The fourth-order valence-corrected chi connectivity index (χ4v) is 3.98. The molecule has 9 nitrogen and oxygen atoms in total. The van der Waals surface area contributed by atoms with E-state index in [0.717, 1.165) is 23.5 Å². The highest BCUT2D eigenvalue weighted by atomic mass is 35.5. The molecule has 0 unspecified atom stereocenters. The molecule has 0 aliphatic heterocycles. The van der Waals surface area contributed by atoms with Crippen LogP contribution in [0.2, 0.25) is 5.02 Å². The van der Waals surface area contributed by atoms with E-state index in [4.69, 9.17) is 11.6 Å². The van der Waals surface area contributed by atoms with Gasteiger partial charge >= 0.3 is 0 Å². The minimum absolute atomic E-state index is 0.221. The second-order valence-electron chi connectivity index (χ2n) is 7.96. The lowest BCUT2D eigenvalue weighted by Crippen LogP contribution is -2.27. The number of nitrogens with zero attached hydrogens (tertiary/aromatic N) is 7. The Morgan fingerprint density at radius 2 is 2.03 bits per heavy atom. The molecular weight excluding hydrogens is 440 g/mol. The highest BCUT2D eigenvalue weighted by Crippen LogP contribution is 2.26. The Hall–Kier alpha value is -3.30. The third-order valence-corrected chi connectivity index (χ3v) is 5.92. The van der Waals surface area contributed by atoms with Gasteiger partial charge in [-0.1, -0.05) is 11.6 Å².